The molecular weight excluding hydrogens is 318 g/mol. The van der Waals surface area contributed by atoms with E-state index in [9.17, 15) is 0 Å². The molecule has 0 atom stereocenters. The maximum Gasteiger partial charge on any atom is 0.186 e. The molecule has 2 N–H and O–H groups in total. The van der Waals surface area contributed by atoms with E-state index in [-0.39, 0.29) is 0 Å². The molecule has 22 heavy (non-hydrogen) atoms. The third-order valence-corrected chi connectivity index (χ3v) is 3.35. The summed E-state index contributed by atoms with van der Waals surface area (Å²) in [5.41, 5.74) is 4.71. The third kappa shape index (κ3) is 5.35. The third-order valence-electron chi connectivity index (χ3n) is 2.81. The van der Waals surface area contributed by atoms with E-state index in [1.807, 2.05) is 48.5 Å². The predicted octanol–water partition coefficient (Wildman–Crippen LogP) is 3.35. The van der Waals surface area contributed by atoms with Gasteiger partial charge in [0.05, 0.1) is 6.21 Å². The SMILES string of the molecule is CNC(=S)NN=Cc1ccc(OCc2ccc(Cl)cc2)cc1. The number of thiocarbonyl (C=S) groups is 1. The highest BCUT2D eigenvalue weighted by Crippen LogP contribution is 2.15. The number of halogens is 1. The number of hydrazone groups is 1. The molecule has 0 spiro atoms. The lowest BCUT2D eigenvalue weighted by atomic mass is 10.2. The summed E-state index contributed by atoms with van der Waals surface area (Å²) in [5, 5.41) is 7.98. The largest absolute Gasteiger partial charge is 0.489 e. The highest BCUT2D eigenvalue weighted by atomic mass is 35.5. The van der Waals surface area contributed by atoms with Crippen LogP contribution in [0, 0.1) is 0 Å². The molecule has 0 unspecified atom stereocenters. The molecule has 0 saturated heterocycles. The van der Waals surface area contributed by atoms with Crippen LogP contribution in [0.25, 0.3) is 0 Å². The van der Waals surface area contributed by atoms with Crippen LogP contribution in [0.1, 0.15) is 11.1 Å². The van der Waals surface area contributed by atoms with Crippen molar-refractivity contribution in [2.75, 3.05) is 7.05 Å². The average Bonchev–Trinajstić information content (AvgIpc) is 2.55. The second kappa shape index (κ2) is 8.36. The van der Waals surface area contributed by atoms with Gasteiger partial charge in [0.15, 0.2) is 5.11 Å². The van der Waals surface area contributed by atoms with E-state index in [0.717, 1.165) is 21.9 Å². The molecule has 0 amide bonds. The van der Waals surface area contributed by atoms with Crippen molar-refractivity contribution in [3.8, 4) is 5.75 Å². The zero-order valence-corrected chi connectivity index (χ0v) is 13.6. The van der Waals surface area contributed by atoms with Gasteiger partial charge in [0.1, 0.15) is 12.4 Å². The van der Waals surface area contributed by atoms with Crippen molar-refractivity contribution in [2.45, 2.75) is 6.61 Å². The first-order valence-corrected chi connectivity index (χ1v) is 7.44. The van der Waals surface area contributed by atoms with Crippen molar-refractivity contribution in [3.05, 3.63) is 64.7 Å². The molecular formula is C16H16ClN3OS. The molecule has 114 valence electrons. The second-order valence-electron chi connectivity index (χ2n) is 4.43. The summed E-state index contributed by atoms with van der Waals surface area (Å²) in [6, 6.07) is 15.2. The lowest BCUT2D eigenvalue weighted by molar-refractivity contribution is 0.306. The molecule has 0 aromatic heterocycles. The fourth-order valence-electron chi connectivity index (χ4n) is 1.62. The highest BCUT2D eigenvalue weighted by molar-refractivity contribution is 7.80. The summed E-state index contributed by atoms with van der Waals surface area (Å²) in [7, 11) is 1.73. The van der Waals surface area contributed by atoms with Gasteiger partial charge in [0, 0.05) is 12.1 Å². The Morgan fingerprint density at radius 2 is 1.86 bits per heavy atom. The van der Waals surface area contributed by atoms with Gasteiger partial charge in [0.25, 0.3) is 0 Å². The number of hydrogen-bond donors (Lipinski definition) is 2. The van der Waals surface area contributed by atoms with Crippen LogP contribution in [0.15, 0.2) is 53.6 Å². The van der Waals surface area contributed by atoms with E-state index < -0.39 is 0 Å². The summed E-state index contributed by atoms with van der Waals surface area (Å²) < 4.78 is 5.71. The van der Waals surface area contributed by atoms with Crippen molar-refractivity contribution in [3.63, 3.8) is 0 Å². The summed E-state index contributed by atoms with van der Waals surface area (Å²) >= 11 is 10.8. The molecule has 0 aliphatic carbocycles. The Kier molecular flexibility index (Phi) is 6.18. The van der Waals surface area contributed by atoms with Gasteiger partial charge in [0.2, 0.25) is 0 Å². The van der Waals surface area contributed by atoms with Crippen molar-refractivity contribution >= 4 is 35.1 Å². The number of ether oxygens (including phenoxy) is 1. The standard InChI is InChI=1S/C16H16ClN3OS/c1-18-16(22)20-19-10-12-4-8-15(9-5-12)21-11-13-2-6-14(17)7-3-13/h2-10H,11H2,1H3,(H2,18,20,22). The molecule has 6 heteroatoms. The van der Waals surface area contributed by atoms with Crippen LogP contribution in [-0.2, 0) is 6.61 Å². The van der Waals surface area contributed by atoms with Crippen LogP contribution in [0.3, 0.4) is 0 Å². The Labute approximate surface area is 140 Å². The van der Waals surface area contributed by atoms with Crippen molar-refractivity contribution in [2.24, 2.45) is 5.10 Å². The van der Waals surface area contributed by atoms with Gasteiger partial charge in [-0.2, -0.15) is 5.10 Å². The summed E-state index contributed by atoms with van der Waals surface area (Å²) in [6.07, 6.45) is 1.69. The van der Waals surface area contributed by atoms with Gasteiger partial charge in [-0.15, -0.1) is 0 Å². The maximum absolute atomic E-state index is 5.85. The first-order chi connectivity index (χ1) is 10.7. The Morgan fingerprint density at radius 3 is 2.50 bits per heavy atom. The van der Waals surface area contributed by atoms with Crippen molar-refractivity contribution in [1.82, 2.24) is 10.7 Å². The second-order valence-corrected chi connectivity index (χ2v) is 5.28. The normalized spacial score (nSPS) is 10.5. The molecule has 2 rings (SSSR count). The quantitative estimate of drug-likeness (QED) is 0.500. The van der Waals surface area contributed by atoms with Gasteiger partial charge >= 0.3 is 0 Å². The number of hydrogen-bond acceptors (Lipinski definition) is 3. The fourth-order valence-corrected chi connectivity index (χ4v) is 1.80. The molecule has 0 fully saturated rings. The minimum Gasteiger partial charge on any atom is -0.489 e. The predicted molar refractivity (Wildman–Crippen MR) is 94.6 cm³/mol. The first kappa shape index (κ1) is 16.3. The molecule has 2 aromatic carbocycles. The molecule has 0 aliphatic heterocycles. The average molecular weight is 334 g/mol. The Balaban J connectivity index is 1.86. The van der Waals surface area contributed by atoms with Gasteiger partial charge < -0.3 is 10.1 Å². The van der Waals surface area contributed by atoms with E-state index in [1.54, 1.807) is 13.3 Å². The van der Waals surface area contributed by atoms with E-state index in [1.165, 1.54) is 0 Å². The van der Waals surface area contributed by atoms with E-state index >= 15 is 0 Å². The van der Waals surface area contributed by atoms with Gasteiger partial charge in [-0.1, -0.05) is 23.7 Å². The summed E-state index contributed by atoms with van der Waals surface area (Å²) in [5.74, 6) is 0.797. The molecule has 0 heterocycles. The highest BCUT2D eigenvalue weighted by Gasteiger charge is 1.97. The van der Waals surface area contributed by atoms with Crippen molar-refractivity contribution in [1.29, 1.82) is 0 Å². The summed E-state index contributed by atoms with van der Waals surface area (Å²) in [4.78, 5) is 0. The molecule has 0 bridgehead atoms. The van der Waals surface area contributed by atoms with Crippen LogP contribution in [-0.4, -0.2) is 18.4 Å². The molecule has 0 radical (unpaired) electrons. The van der Waals surface area contributed by atoms with Crippen LogP contribution in [0.5, 0.6) is 5.75 Å². The summed E-state index contributed by atoms with van der Waals surface area (Å²) in [6.45, 7) is 0.503. The molecule has 4 nitrogen and oxygen atoms in total. The zero-order valence-electron chi connectivity index (χ0n) is 12.0. The number of nitrogens with one attached hydrogen (secondary N) is 2. The first-order valence-electron chi connectivity index (χ1n) is 6.65. The van der Waals surface area contributed by atoms with Gasteiger partial charge in [-0.05, 0) is 59.7 Å². The lowest BCUT2D eigenvalue weighted by Crippen LogP contribution is -2.28. The maximum atomic E-state index is 5.85. The molecule has 0 saturated carbocycles. The van der Waals surface area contributed by atoms with Crippen LogP contribution >= 0.6 is 23.8 Å². The number of benzene rings is 2. The van der Waals surface area contributed by atoms with Crippen LogP contribution in [0.4, 0.5) is 0 Å². The molecule has 0 aliphatic rings. The minimum absolute atomic E-state index is 0.471. The Morgan fingerprint density at radius 1 is 1.18 bits per heavy atom. The molecule has 2 aromatic rings. The van der Waals surface area contributed by atoms with Crippen molar-refractivity contribution < 1.29 is 4.74 Å². The monoisotopic (exact) mass is 333 g/mol. The Hall–Kier alpha value is -2.11. The number of nitrogens with zero attached hydrogens (tertiary/aromatic N) is 1. The van der Waals surface area contributed by atoms with Gasteiger partial charge in [-0.25, -0.2) is 0 Å². The topological polar surface area (TPSA) is 45.7 Å². The van der Waals surface area contributed by atoms with E-state index in [2.05, 4.69) is 15.8 Å². The van der Waals surface area contributed by atoms with Crippen LogP contribution in [0.2, 0.25) is 5.02 Å². The minimum atomic E-state index is 0.471. The zero-order chi connectivity index (χ0) is 15.8. The fraction of sp³-hybridized carbons (Fsp3) is 0.125. The van der Waals surface area contributed by atoms with Crippen LogP contribution < -0.4 is 15.5 Å². The smallest absolute Gasteiger partial charge is 0.186 e. The number of rotatable bonds is 5. The van der Waals surface area contributed by atoms with E-state index in [4.69, 9.17) is 28.6 Å². The lowest BCUT2D eigenvalue weighted by Gasteiger charge is -2.06. The van der Waals surface area contributed by atoms with E-state index in [0.29, 0.717) is 11.7 Å². The Bertz CT molecular complexity index is 641. The van der Waals surface area contributed by atoms with Gasteiger partial charge in [-0.3, -0.25) is 5.43 Å².